The summed E-state index contributed by atoms with van der Waals surface area (Å²) in [6.45, 7) is 2.41. The molecule has 0 saturated carbocycles. The van der Waals surface area contributed by atoms with Crippen molar-refractivity contribution in [3.05, 3.63) is 23.8 Å². The molecule has 0 amide bonds. The van der Waals surface area contributed by atoms with Crippen molar-refractivity contribution in [2.45, 2.75) is 13.0 Å². The average molecular weight is 191 g/mol. The highest BCUT2D eigenvalue weighted by Crippen LogP contribution is 2.27. The first-order chi connectivity index (χ1) is 6.65. The SMILES string of the molecule is C#CCNC(C)c1ccc(O)c(O)c1. The lowest BCUT2D eigenvalue weighted by Gasteiger charge is -2.12. The van der Waals surface area contributed by atoms with Gasteiger partial charge in [0.15, 0.2) is 11.5 Å². The van der Waals surface area contributed by atoms with Crippen LogP contribution in [-0.2, 0) is 0 Å². The summed E-state index contributed by atoms with van der Waals surface area (Å²) in [5, 5.41) is 21.4. The van der Waals surface area contributed by atoms with Crippen molar-refractivity contribution in [2.75, 3.05) is 6.54 Å². The standard InChI is InChI=1S/C11H13NO2/c1-3-6-12-8(2)9-4-5-10(13)11(14)7-9/h1,4-5,7-8,12-14H,6H2,2H3. The number of hydrogen-bond acceptors (Lipinski definition) is 3. The van der Waals surface area contributed by atoms with E-state index in [4.69, 9.17) is 11.5 Å². The zero-order valence-electron chi connectivity index (χ0n) is 7.99. The summed E-state index contributed by atoms with van der Waals surface area (Å²) >= 11 is 0. The zero-order chi connectivity index (χ0) is 10.6. The van der Waals surface area contributed by atoms with E-state index in [1.807, 2.05) is 6.92 Å². The van der Waals surface area contributed by atoms with Gasteiger partial charge in [-0.2, -0.15) is 0 Å². The molecular formula is C11H13NO2. The lowest BCUT2D eigenvalue weighted by molar-refractivity contribution is 0.402. The van der Waals surface area contributed by atoms with Gasteiger partial charge in [-0.25, -0.2) is 0 Å². The Morgan fingerprint density at radius 2 is 2.14 bits per heavy atom. The Bertz CT molecular complexity index is 355. The Morgan fingerprint density at radius 1 is 1.43 bits per heavy atom. The van der Waals surface area contributed by atoms with E-state index in [1.165, 1.54) is 12.1 Å². The third-order valence-electron chi connectivity index (χ3n) is 2.01. The first kappa shape index (κ1) is 10.4. The minimum Gasteiger partial charge on any atom is -0.504 e. The molecule has 0 aliphatic rings. The van der Waals surface area contributed by atoms with E-state index < -0.39 is 0 Å². The quantitative estimate of drug-likeness (QED) is 0.499. The molecule has 0 bridgehead atoms. The molecule has 0 spiro atoms. The van der Waals surface area contributed by atoms with Gasteiger partial charge in [-0.1, -0.05) is 12.0 Å². The van der Waals surface area contributed by atoms with Crippen molar-refractivity contribution < 1.29 is 10.2 Å². The largest absolute Gasteiger partial charge is 0.504 e. The highest BCUT2D eigenvalue weighted by atomic mass is 16.3. The number of aromatic hydroxyl groups is 2. The maximum absolute atomic E-state index is 9.26. The topological polar surface area (TPSA) is 52.5 Å². The van der Waals surface area contributed by atoms with Crippen molar-refractivity contribution in [1.82, 2.24) is 5.32 Å². The van der Waals surface area contributed by atoms with Crippen LogP contribution in [-0.4, -0.2) is 16.8 Å². The summed E-state index contributed by atoms with van der Waals surface area (Å²) in [5.41, 5.74) is 0.885. The van der Waals surface area contributed by atoms with Gasteiger partial charge < -0.3 is 10.2 Å². The van der Waals surface area contributed by atoms with Crippen LogP contribution in [0.4, 0.5) is 0 Å². The van der Waals surface area contributed by atoms with Crippen LogP contribution in [0, 0.1) is 12.3 Å². The van der Waals surface area contributed by atoms with Crippen LogP contribution >= 0.6 is 0 Å². The predicted molar refractivity (Wildman–Crippen MR) is 55.0 cm³/mol. The van der Waals surface area contributed by atoms with Crippen LogP contribution in [0.15, 0.2) is 18.2 Å². The summed E-state index contributed by atoms with van der Waals surface area (Å²) in [6, 6.07) is 4.77. The number of benzene rings is 1. The maximum atomic E-state index is 9.26. The van der Waals surface area contributed by atoms with E-state index in [1.54, 1.807) is 6.07 Å². The van der Waals surface area contributed by atoms with E-state index in [9.17, 15) is 5.11 Å². The van der Waals surface area contributed by atoms with E-state index >= 15 is 0 Å². The molecule has 0 saturated heterocycles. The molecule has 0 aliphatic carbocycles. The zero-order valence-corrected chi connectivity index (χ0v) is 7.99. The Hall–Kier alpha value is -1.66. The second-order valence-electron chi connectivity index (χ2n) is 3.05. The smallest absolute Gasteiger partial charge is 0.157 e. The van der Waals surface area contributed by atoms with Crippen LogP contribution < -0.4 is 5.32 Å². The number of hydrogen-bond donors (Lipinski definition) is 3. The highest BCUT2D eigenvalue weighted by Gasteiger charge is 2.06. The molecule has 0 aliphatic heterocycles. The lowest BCUT2D eigenvalue weighted by Crippen LogP contribution is -2.18. The monoisotopic (exact) mass is 191 g/mol. The van der Waals surface area contributed by atoms with Crippen molar-refractivity contribution in [2.24, 2.45) is 0 Å². The molecule has 0 heterocycles. The van der Waals surface area contributed by atoms with Gasteiger partial charge in [0.25, 0.3) is 0 Å². The molecule has 74 valence electrons. The molecule has 0 aromatic heterocycles. The minimum absolute atomic E-state index is 0.0533. The molecule has 1 rings (SSSR count). The van der Waals surface area contributed by atoms with E-state index in [0.717, 1.165) is 5.56 Å². The number of terminal acetylenes is 1. The van der Waals surface area contributed by atoms with Gasteiger partial charge in [-0.05, 0) is 24.6 Å². The fraction of sp³-hybridized carbons (Fsp3) is 0.273. The van der Waals surface area contributed by atoms with Gasteiger partial charge >= 0.3 is 0 Å². The highest BCUT2D eigenvalue weighted by molar-refractivity contribution is 5.41. The molecule has 0 fully saturated rings. The van der Waals surface area contributed by atoms with E-state index in [0.29, 0.717) is 6.54 Å². The van der Waals surface area contributed by atoms with Gasteiger partial charge in [0.05, 0.1) is 6.54 Å². The van der Waals surface area contributed by atoms with Crippen molar-refractivity contribution in [3.63, 3.8) is 0 Å². The number of rotatable bonds is 3. The Kier molecular flexibility index (Phi) is 3.38. The predicted octanol–water partition coefficient (Wildman–Crippen LogP) is 1.38. The fourth-order valence-corrected chi connectivity index (χ4v) is 1.14. The van der Waals surface area contributed by atoms with Gasteiger partial charge in [0.1, 0.15) is 0 Å². The molecule has 0 radical (unpaired) electrons. The van der Waals surface area contributed by atoms with Crippen LogP contribution in [0.1, 0.15) is 18.5 Å². The summed E-state index contributed by atoms with van der Waals surface area (Å²) in [7, 11) is 0. The van der Waals surface area contributed by atoms with Gasteiger partial charge in [0, 0.05) is 6.04 Å². The normalized spacial score (nSPS) is 12.0. The minimum atomic E-state index is -0.114. The molecule has 14 heavy (non-hydrogen) atoms. The van der Waals surface area contributed by atoms with Crippen LogP contribution in [0.2, 0.25) is 0 Å². The first-order valence-electron chi connectivity index (χ1n) is 4.34. The Morgan fingerprint density at radius 3 is 2.71 bits per heavy atom. The second kappa shape index (κ2) is 4.54. The van der Waals surface area contributed by atoms with Crippen LogP contribution in [0.25, 0.3) is 0 Å². The summed E-state index contributed by atoms with van der Waals surface area (Å²) < 4.78 is 0. The Balaban J connectivity index is 2.76. The second-order valence-corrected chi connectivity index (χ2v) is 3.05. The number of nitrogens with one attached hydrogen (secondary N) is 1. The summed E-state index contributed by atoms with van der Waals surface area (Å²) in [6.07, 6.45) is 5.11. The van der Waals surface area contributed by atoms with Crippen molar-refractivity contribution >= 4 is 0 Å². The molecular weight excluding hydrogens is 178 g/mol. The molecule has 1 aromatic rings. The van der Waals surface area contributed by atoms with Crippen molar-refractivity contribution in [3.8, 4) is 23.8 Å². The molecule has 1 unspecified atom stereocenters. The molecule has 1 atom stereocenters. The summed E-state index contributed by atoms with van der Waals surface area (Å²) in [5.74, 6) is 2.24. The number of phenols is 2. The Labute approximate surface area is 83.4 Å². The fourth-order valence-electron chi connectivity index (χ4n) is 1.14. The maximum Gasteiger partial charge on any atom is 0.157 e. The lowest BCUT2D eigenvalue weighted by atomic mass is 10.1. The van der Waals surface area contributed by atoms with Crippen molar-refractivity contribution in [1.29, 1.82) is 0 Å². The first-order valence-corrected chi connectivity index (χ1v) is 4.34. The van der Waals surface area contributed by atoms with Gasteiger partial charge in [-0.3, -0.25) is 5.32 Å². The average Bonchev–Trinajstić information content (AvgIpc) is 2.18. The van der Waals surface area contributed by atoms with Crippen LogP contribution in [0.3, 0.4) is 0 Å². The number of phenolic OH excluding ortho intramolecular Hbond substituents is 2. The van der Waals surface area contributed by atoms with E-state index in [2.05, 4.69) is 11.2 Å². The van der Waals surface area contributed by atoms with Gasteiger partial charge in [0.2, 0.25) is 0 Å². The molecule has 3 N–H and O–H groups in total. The molecule has 3 nitrogen and oxygen atoms in total. The molecule has 3 heteroatoms. The molecule has 1 aromatic carbocycles. The van der Waals surface area contributed by atoms with Crippen LogP contribution in [0.5, 0.6) is 11.5 Å². The summed E-state index contributed by atoms with van der Waals surface area (Å²) in [4.78, 5) is 0. The third kappa shape index (κ3) is 2.41. The third-order valence-corrected chi connectivity index (χ3v) is 2.01. The van der Waals surface area contributed by atoms with Gasteiger partial charge in [-0.15, -0.1) is 6.42 Å². The van der Waals surface area contributed by atoms with E-state index in [-0.39, 0.29) is 17.5 Å².